The van der Waals surface area contributed by atoms with Crippen molar-refractivity contribution in [1.29, 1.82) is 0 Å². The van der Waals surface area contributed by atoms with Gasteiger partial charge in [0, 0.05) is 13.0 Å². The molecule has 4 rings (SSSR count). The van der Waals surface area contributed by atoms with E-state index in [0.29, 0.717) is 13.2 Å². The van der Waals surface area contributed by atoms with Gasteiger partial charge in [-0.25, -0.2) is 5.06 Å². The molecule has 7 heteroatoms. The van der Waals surface area contributed by atoms with Crippen LogP contribution >= 0.6 is 7.60 Å². The minimum atomic E-state index is -3.75. The maximum atomic E-state index is 14.6. The molecule has 40 heavy (non-hydrogen) atoms. The Balaban J connectivity index is 1.53. The molecule has 0 N–H and O–H groups in total. The molecule has 0 aromatic heterocycles. The molecular weight excluding hydrogens is 521 g/mol. The maximum Gasteiger partial charge on any atom is 0.338 e. The second-order valence-electron chi connectivity index (χ2n) is 9.37. The van der Waals surface area contributed by atoms with Gasteiger partial charge in [-0.3, -0.25) is 14.2 Å². The monoisotopic (exact) mass is 557 g/mol. The van der Waals surface area contributed by atoms with Crippen molar-refractivity contribution in [2.24, 2.45) is 0 Å². The topological polar surface area (TPSA) is 65.1 Å². The van der Waals surface area contributed by atoms with Crippen LogP contribution < -0.4 is 0 Å². The van der Waals surface area contributed by atoms with Crippen LogP contribution in [0, 0.1) is 0 Å². The summed E-state index contributed by atoms with van der Waals surface area (Å²) in [5, 5.41) is 1.37. The zero-order valence-electron chi connectivity index (χ0n) is 22.8. The fourth-order valence-electron chi connectivity index (χ4n) is 4.33. The summed E-state index contributed by atoms with van der Waals surface area (Å²) in [6.07, 6.45) is 0.393. The molecule has 0 fully saturated rings. The van der Waals surface area contributed by atoms with Crippen LogP contribution in [-0.4, -0.2) is 17.5 Å². The Bertz CT molecular complexity index is 1290. The molecule has 0 heterocycles. The van der Waals surface area contributed by atoms with Gasteiger partial charge < -0.3 is 9.05 Å². The highest BCUT2D eigenvalue weighted by atomic mass is 31.2. The number of nitrogens with zero attached hydrogens (tertiary/aromatic N) is 1. The average Bonchev–Trinajstić information content (AvgIpc) is 3.01. The molecule has 0 saturated carbocycles. The highest BCUT2D eigenvalue weighted by Gasteiger charge is 2.38. The molecule has 0 aliphatic rings. The number of hydrogen-bond donors (Lipinski definition) is 0. The normalized spacial score (nSPS) is 12.1. The van der Waals surface area contributed by atoms with Crippen LogP contribution in [-0.2, 0) is 43.1 Å². The Labute approximate surface area is 237 Å². The first-order chi connectivity index (χ1) is 19.6. The number of hydroxylamine groups is 2. The second-order valence-corrected chi connectivity index (χ2v) is 11.6. The fourth-order valence-corrected chi connectivity index (χ4v) is 6.40. The zero-order chi connectivity index (χ0) is 28.0. The fraction of sp³-hybridized carbons (Fsp3) is 0.242. The lowest BCUT2D eigenvalue weighted by Gasteiger charge is -2.28. The summed E-state index contributed by atoms with van der Waals surface area (Å²) >= 11 is 0. The predicted octanol–water partition coefficient (Wildman–Crippen LogP) is 8.11. The van der Waals surface area contributed by atoms with Crippen LogP contribution in [0.3, 0.4) is 0 Å². The van der Waals surface area contributed by atoms with E-state index in [0.717, 1.165) is 22.3 Å². The van der Waals surface area contributed by atoms with E-state index in [1.165, 1.54) is 5.06 Å². The van der Waals surface area contributed by atoms with Crippen molar-refractivity contribution in [3.63, 3.8) is 0 Å². The molecular formula is C33H36NO5P. The third-order valence-electron chi connectivity index (χ3n) is 6.50. The van der Waals surface area contributed by atoms with E-state index in [1.54, 1.807) is 0 Å². The highest BCUT2D eigenvalue weighted by molar-refractivity contribution is 7.54. The van der Waals surface area contributed by atoms with Gasteiger partial charge >= 0.3 is 7.60 Å². The van der Waals surface area contributed by atoms with Crippen LogP contribution in [0.25, 0.3) is 0 Å². The van der Waals surface area contributed by atoms with Crippen LogP contribution in [0.15, 0.2) is 121 Å². The average molecular weight is 558 g/mol. The van der Waals surface area contributed by atoms with E-state index in [1.807, 2.05) is 128 Å². The molecule has 6 nitrogen and oxygen atoms in total. The summed E-state index contributed by atoms with van der Waals surface area (Å²) in [7, 11) is -3.75. The molecule has 0 spiro atoms. The lowest BCUT2D eigenvalue weighted by atomic mass is 10.1. The Morgan fingerprint density at radius 2 is 1.10 bits per heavy atom. The van der Waals surface area contributed by atoms with Crippen molar-refractivity contribution in [3.05, 3.63) is 144 Å². The molecule has 4 aromatic rings. The third-order valence-corrected chi connectivity index (χ3v) is 8.80. The van der Waals surface area contributed by atoms with E-state index in [2.05, 4.69) is 0 Å². The van der Waals surface area contributed by atoms with Crippen LogP contribution in [0.2, 0.25) is 0 Å². The molecule has 0 radical (unpaired) electrons. The Morgan fingerprint density at radius 1 is 0.675 bits per heavy atom. The lowest BCUT2D eigenvalue weighted by Crippen LogP contribution is -2.31. The summed E-state index contributed by atoms with van der Waals surface area (Å²) in [5.41, 5.74) is 2.91. The number of carbonyl (C=O) groups excluding carboxylic acids is 1. The molecule has 0 bridgehead atoms. The first kappa shape index (κ1) is 29.4. The summed E-state index contributed by atoms with van der Waals surface area (Å²) < 4.78 is 26.9. The number of benzene rings is 4. The lowest BCUT2D eigenvalue weighted by molar-refractivity contribution is -0.190. The molecule has 4 aromatic carbocycles. The van der Waals surface area contributed by atoms with Crippen LogP contribution in [0.4, 0.5) is 0 Å². The summed E-state index contributed by atoms with van der Waals surface area (Å²) in [4.78, 5) is 19.1. The van der Waals surface area contributed by atoms with Crippen molar-refractivity contribution < 1.29 is 23.2 Å². The van der Waals surface area contributed by atoms with Gasteiger partial charge in [0.05, 0.1) is 18.9 Å². The van der Waals surface area contributed by atoms with Gasteiger partial charge in [-0.2, -0.15) is 0 Å². The predicted molar refractivity (Wildman–Crippen MR) is 157 cm³/mol. The Hall–Kier alpha value is -3.54. The SMILES string of the molecule is CCN(OCc1ccccc1)C(=O)CCC(c1ccccc1)P(=O)(OCc1ccccc1)OCc1ccccc1. The first-order valence-electron chi connectivity index (χ1n) is 13.6. The molecule has 0 aliphatic carbocycles. The van der Waals surface area contributed by atoms with E-state index < -0.39 is 13.3 Å². The number of hydrogen-bond acceptors (Lipinski definition) is 5. The maximum absolute atomic E-state index is 14.6. The van der Waals surface area contributed by atoms with Crippen LogP contribution in [0.5, 0.6) is 0 Å². The molecule has 1 atom stereocenters. The molecule has 0 saturated heterocycles. The van der Waals surface area contributed by atoms with Crippen molar-refractivity contribution in [3.8, 4) is 0 Å². The van der Waals surface area contributed by atoms with Crippen molar-refractivity contribution in [1.82, 2.24) is 5.06 Å². The van der Waals surface area contributed by atoms with Crippen LogP contribution in [0.1, 0.15) is 47.7 Å². The summed E-state index contributed by atoms with van der Waals surface area (Å²) in [6, 6.07) is 38.4. The highest BCUT2D eigenvalue weighted by Crippen LogP contribution is 2.63. The van der Waals surface area contributed by atoms with Gasteiger partial charge in [0.2, 0.25) is 5.91 Å². The van der Waals surface area contributed by atoms with E-state index in [4.69, 9.17) is 13.9 Å². The van der Waals surface area contributed by atoms with Gasteiger partial charge in [-0.15, -0.1) is 0 Å². The summed E-state index contributed by atoms with van der Waals surface area (Å²) in [6.45, 7) is 2.82. The van der Waals surface area contributed by atoms with E-state index in [-0.39, 0.29) is 32.0 Å². The zero-order valence-corrected chi connectivity index (χ0v) is 23.7. The van der Waals surface area contributed by atoms with Crippen molar-refractivity contribution in [2.75, 3.05) is 6.54 Å². The van der Waals surface area contributed by atoms with Gasteiger partial charge in [-0.05, 0) is 35.6 Å². The number of rotatable bonds is 15. The smallest absolute Gasteiger partial charge is 0.303 e. The molecule has 1 amide bonds. The Morgan fingerprint density at radius 3 is 1.55 bits per heavy atom. The van der Waals surface area contributed by atoms with E-state index in [9.17, 15) is 9.36 Å². The first-order valence-corrected chi connectivity index (χ1v) is 15.2. The molecule has 0 aliphatic heterocycles. The molecule has 1 unspecified atom stereocenters. The standard InChI is InChI=1S/C33H36NO5P/c1-2-34(37-25-28-15-7-3-8-16-28)33(35)24-23-32(31-21-13-6-14-22-31)40(36,38-26-29-17-9-4-10-18-29)39-27-30-19-11-5-12-20-30/h3-22,32H,2,23-27H2,1H3. The van der Waals surface area contributed by atoms with Gasteiger partial charge in [0.15, 0.2) is 0 Å². The van der Waals surface area contributed by atoms with Crippen molar-refractivity contribution in [2.45, 2.75) is 45.2 Å². The van der Waals surface area contributed by atoms with Crippen molar-refractivity contribution >= 4 is 13.5 Å². The second kappa shape index (κ2) is 15.3. The number of amides is 1. The van der Waals surface area contributed by atoms with E-state index >= 15 is 0 Å². The summed E-state index contributed by atoms with van der Waals surface area (Å²) in [5.74, 6) is -0.183. The molecule has 208 valence electrons. The third kappa shape index (κ3) is 8.73. The quantitative estimate of drug-likeness (QED) is 0.109. The largest absolute Gasteiger partial charge is 0.338 e. The minimum absolute atomic E-state index is 0.121. The van der Waals surface area contributed by atoms with Gasteiger partial charge in [0.1, 0.15) is 6.61 Å². The van der Waals surface area contributed by atoms with Gasteiger partial charge in [-0.1, -0.05) is 121 Å². The minimum Gasteiger partial charge on any atom is -0.303 e. The number of carbonyl (C=O) groups is 1. The van der Waals surface area contributed by atoms with Gasteiger partial charge in [0.25, 0.3) is 0 Å². The Kier molecular flexibility index (Phi) is 11.3.